The lowest BCUT2D eigenvalue weighted by Crippen LogP contribution is -2.35. The van der Waals surface area contributed by atoms with E-state index in [1.54, 1.807) is 24.3 Å². The molecule has 0 unspecified atom stereocenters. The van der Waals surface area contributed by atoms with Crippen molar-refractivity contribution in [2.75, 3.05) is 18.4 Å². The predicted molar refractivity (Wildman–Crippen MR) is 112 cm³/mol. The highest BCUT2D eigenvalue weighted by atomic mass is 35.5. The van der Waals surface area contributed by atoms with Gasteiger partial charge in [0.15, 0.2) is 0 Å². The Labute approximate surface area is 178 Å². The molecule has 1 saturated heterocycles. The number of anilines is 1. The van der Waals surface area contributed by atoms with Gasteiger partial charge in [0.05, 0.1) is 15.5 Å². The molecule has 0 atom stereocenters. The molecular weight excluding hydrogens is 428 g/mol. The molecule has 3 aromatic rings. The number of amides is 1. The Kier molecular flexibility index (Phi) is 5.85. The van der Waals surface area contributed by atoms with Gasteiger partial charge in [-0.15, -0.1) is 5.10 Å². The number of benzene rings is 2. The molecule has 1 amide bonds. The first kappa shape index (κ1) is 20.5. The fourth-order valence-corrected chi connectivity index (χ4v) is 4.95. The summed E-state index contributed by atoms with van der Waals surface area (Å²) >= 11 is 6.11. The zero-order chi connectivity index (χ0) is 21.1. The second-order valence-electron chi connectivity index (χ2n) is 6.84. The predicted octanol–water partition coefficient (Wildman–Crippen LogP) is 3.82. The van der Waals surface area contributed by atoms with Crippen LogP contribution in [0, 0.1) is 0 Å². The molecule has 8 nitrogen and oxygen atoms in total. The van der Waals surface area contributed by atoms with Gasteiger partial charge in [-0.05, 0) is 49.2 Å². The van der Waals surface area contributed by atoms with Gasteiger partial charge in [0.1, 0.15) is 0 Å². The van der Waals surface area contributed by atoms with Crippen LogP contribution < -0.4 is 5.32 Å². The van der Waals surface area contributed by atoms with Gasteiger partial charge < -0.3 is 4.42 Å². The Morgan fingerprint density at radius 3 is 2.40 bits per heavy atom. The molecule has 10 heteroatoms. The Balaban J connectivity index is 1.46. The molecule has 1 aliphatic rings. The molecule has 156 valence electrons. The Bertz CT molecular complexity index is 1160. The summed E-state index contributed by atoms with van der Waals surface area (Å²) in [4.78, 5) is 12.6. The summed E-state index contributed by atoms with van der Waals surface area (Å²) in [7, 11) is -3.55. The quantitative estimate of drug-likeness (QED) is 0.638. The van der Waals surface area contributed by atoms with Crippen LogP contribution in [0.15, 0.2) is 57.8 Å². The van der Waals surface area contributed by atoms with Crippen LogP contribution in [-0.4, -0.2) is 41.9 Å². The maximum absolute atomic E-state index is 12.7. The Hall–Kier alpha value is -2.75. The zero-order valence-corrected chi connectivity index (χ0v) is 17.5. The summed E-state index contributed by atoms with van der Waals surface area (Å²) in [6, 6.07) is 12.7. The van der Waals surface area contributed by atoms with Crippen molar-refractivity contribution in [2.45, 2.75) is 24.2 Å². The van der Waals surface area contributed by atoms with E-state index < -0.39 is 15.9 Å². The standard InChI is InChI=1S/C20H19ClN4O4S/c21-17-7-3-2-6-16(17)19-23-24-20(29-19)22-18(26)14-8-10-15(11-9-14)30(27,28)25-12-4-1-5-13-25/h2-3,6-11H,1,4-5,12-13H2,(H,22,24,26). The molecule has 2 aromatic carbocycles. The summed E-state index contributed by atoms with van der Waals surface area (Å²) in [5.41, 5.74) is 0.824. The number of sulfonamides is 1. The molecule has 0 saturated carbocycles. The lowest BCUT2D eigenvalue weighted by atomic mass is 10.2. The maximum atomic E-state index is 12.7. The highest BCUT2D eigenvalue weighted by molar-refractivity contribution is 7.89. The van der Waals surface area contributed by atoms with Crippen molar-refractivity contribution < 1.29 is 17.6 Å². The second-order valence-corrected chi connectivity index (χ2v) is 9.18. The number of piperidine rings is 1. The first-order valence-electron chi connectivity index (χ1n) is 9.45. The Morgan fingerprint density at radius 1 is 1.00 bits per heavy atom. The lowest BCUT2D eigenvalue weighted by molar-refractivity contribution is 0.102. The molecule has 0 spiro atoms. The molecule has 1 aliphatic heterocycles. The highest BCUT2D eigenvalue weighted by Gasteiger charge is 2.26. The first-order chi connectivity index (χ1) is 14.4. The van der Waals surface area contributed by atoms with E-state index in [0.29, 0.717) is 23.7 Å². The van der Waals surface area contributed by atoms with E-state index in [0.717, 1.165) is 19.3 Å². The van der Waals surface area contributed by atoms with Gasteiger partial charge in [-0.2, -0.15) is 4.31 Å². The van der Waals surface area contributed by atoms with Crippen LogP contribution in [0.2, 0.25) is 5.02 Å². The molecule has 1 N–H and O–H groups in total. The maximum Gasteiger partial charge on any atom is 0.322 e. The fraction of sp³-hybridized carbons (Fsp3) is 0.250. The number of rotatable bonds is 5. The summed E-state index contributed by atoms with van der Waals surface area (Å²) in [5.74, 6) is -0.315. The molecule has 0 radical (unpaired) electrons. The van der Waals surface area contributed by atoms with Gasteiger partial charge in [-0.25, -0.2) is 8.42 Å². The molecule has 1 aromatic heterocycles. The smallest absolute Gasteiger partial charge is 0.322 e. The van der Waals surface area contributed by atoms with E-state index in [2.05, 4.69) is 15.5 Å². The van der Waals surface area contributed by atoms with Gasteiger partial charge in [0, 0.05) is 18.7 Å². The number of carbonyl (C=O) groups is 1. The van der Waals surface area contributed by atoms with Crippen molar-refractivity contribution in [2.24, 2.45) is 0 Å². The molecule has 2 heterocycles. The lowest BCUT2D eigenvalue weighted by Gasteiger charge is -2.25. The minimum Gasteiger partial charge on any atom is -0.403 e. The summed E-state index contributed by atoms with van der Waals surface area (Å²) in [5, 5.41) is 10.7. The van der Waals surface area contributed by atoms with E-state index in [1.165, 1.54) is 28.6 Å². The van der Waals surface area contributed by atoms with Crippen LogP contribution in [0.4, 0.5) is 6.01 Å². The third-order valence-electron chi connectivity index (χ3n) is 4.82. The third-order valence-corrected chi connectivity index (χ3v) is 7.06. The second kappa shape index (κ2) is 8.55. The van der Waals surface area contributed by atoms with E-state index in [9.17, 15) is 13.2 Å². The first-order valence-corrected chi connectivity index (χ1v) is 11.3. The Morgan fingerprint density at radius 2 is 1.70 bits per heavy atom. The number of nitrogens with zero attached hydrogens (tertiary/aromatic N) is 3. The van der Waals surface area contributed by atoms with Gasteiger partial charge >= 0.3 is 6.01 Å². The summed E-state index contributed by atoms with van der Waals surface area (Å²) in [6.07, 6.45) is 2.76. The minimum absolute atomic E-state index is 0.0834. The molecule has 1 fully saturated rings. The summed E-state index contributed by atoms with van der Waals surface area (Å²) < 4.78 is 32.4. The number of nitrogens with one attached hydrogen (secondary N) is 1. The van der Waals surface area contributed by atoms with Gasteiger partial charge in [-0.3, -0.25) is 10.1 Å². The molecule has 4 rings (SSSR count). The molecule has 0 aliphatic carbocycles. The van der Waals surface area contributed by atoms with E-state index in [-0.39, 0.29) is 22.4 Å². The van der Waals surface area contributed by atoms with E-state index in [1.807, 2.05) is 0 Å². The van der Waals surface area contributed by atoms with Gasteiger partial charge in [0.25, 0.3) is 11.8 Å². The van der Waals surface area contributed by atoms with E-state index in [4.69, 9.17) is 16.0 Å². The van der Waals surface area contributed by atoms with Crippen LogP contribution in [0.1, 0.15) is 29.6 Å². The number of hydrogen-bond donors (Lipinski definition) is 1. The SMILES string of the molecule is O=C(Nc1nnc(-c2ccccc2Cl)o1)c1ccc(S(=O)(=O)N2CCCCC2)cc1. The monoisotopic (exact) mass is 446 g/mol. The summed E-state index contributed by atoms with van der Waals surface area (Å²) in [6.45, 7) is 1.05. The number of carbonyl (C=O) groups excluding carboxylic acids is 1. The zero-order valence-electron chi connectivity index (χ0n) is 15.9. The van der Waals surface area contributed by atoms with Crippen LogP contribution in [0.25, 0.3) is 11.5 Å². The molecule has 0 bridgehead atoms. The van der Waals surface area contributed by atoms with Crippen molar-refractivity contribution in [1.29, 1.82) is 0 Å². The molecular formula is C20H19ClN4O4S. The average molecular weight is 447 g/mol. The van der Waals surface area contributed by atoms with Crippen molar-refractivity contribution in [3.63, 3.8) is 0 Å². The fourth-order valence-electron chi connectivity index (χ4n) is 3.22. The van der Waals surface area contributed by atoms with Crippen LogP contribution in [0.3, 0.4) is 0 Å². The largest absolute Gasteiger partial charge is 0.403 e. The number of aromatic nitrogens is 2. The number of hydrogen-bond acceptors (Lipinski definition) is 6. The van der Waals surface area contributed by atoms with Crippen molar-refractivity contribution in [3.8, 4) is 11.5 Å². The van der Waals surface area contributed by atoms with Crippen LogP contribution >= 0.6 is 11.6 Å². The van der Waals surface area contributed by atoms with Crippen molar-refractivity contribution in [1.82, 2.24) is 14.5 Å². The van der Waals surface area contributed by atoms with Gasteiger partial charge in [-0.1, -0.05) is 35.3 Å². The topological polar surface area (TPSA) is 105 Å². The highest BCUT2D eigenvalue weighted by Crippen LogP contribution is 2.27. The normalized spacial score (nSPS) is 15.1. The molecule has 30 heavy (non-hydrogen) atoms. The number of halogens is 1. The van der Waals surface area contributed by atoms with Crippen molar-refractivity contribution in [3.05, 3.63) is 59.1 Å². The van der Waals surface area contributed by atoms with E-state index >= 15 is 0 Å². The van der Waals surface area contributed by atoms with Crippen LogP contribution in [0.5, 0.6) is 0 Å². The average Bonchev–Trinajstić information content (AvgIpc) is 3.23. The third kappa shape index (κ3) is 4.23. The van der Waals surface area contributed by atoms with Gasteiger partial charge in [0.2, 0.25) is 10.0 Å². The van der Waals surface area contributed by atoms with Crippen LogP contribution in [-0.2, 0) is 10.0 Å². The van der Waals surface area contributed by atoms with Crippen molar-refractivity contribution >= 4 is 33.5 Å². The minimum atomic E-state index is -3.55.